The van der Waals surface area contributed by atoms with Crippen LogP contribution in [-0.2, 0) is 6.18 Å². The Morgan fingerprint density at radius 2 is 1.60 bits per heavy atom. The summed E-state index contributed by atoms with van der Waals surface area (Å²) >= 11 is 0. The van der Waals surface area contributed by atoms with E-state index in [9.17, 15) is 13.2 Å². The first-order valence-corrected chi connectivity index (χ1v) is 6.87. The van der Waals surface area contributed by atoms with Crippen molar-refractivity contribution in [3.05, 3.63) is 41.5 Å². The Labute approximate surface area is 115 Å². The Bertz CT molecular complexity index is 640. The highest BCUT2D eigenvalue weighted by Crippen LogP contribution is 2.44. The van der Waals surface area contributed by atoms with Gasteiger partial charge in [-0.3, -0.25) is 0 Å². The van der Waals surface area contributed by atoms with Crippen LogP contribution in [0.2, 0.25) is 0 Å². The number of benzene rings is 2. The summed E-state index contributed by atoms with van der Waals surface area (Å²) in [6, 6.07) is 7.79. The summed E-state index contributed by atoms with van der Waals surface area (Å²) in [7, 11) is 0. The third kappa shape index (κ3) is 2.13. The highest BCUT2D eigenvalue weighted by atomic mass is 19.4. The fourth-order valence-electron chi connectivity index (χ4n) is 3.23. The Balaban J connectivity index is 2.29. The molecule has 0 amide bonds. The number of hydrogen-bond acceptors (Lipinski definition) is 1. The zero-order valence-electron chi connectivity index (χ0n) is 11.0. The quantitative estimate of drug-likeness (QED) is 0.722. The molecule has 0 atom stereocenters. The molecule has 1 saturated carbocycles. The van der Waals surface area contributed by atoms with E-state index in [1.54, 1.807) is 18.2 Å². The van der Waals surface area contributed by atoms with Crippen LogP contribution in [-0.4, -0.2) is 0 Å². The predicted molar refractivity (Wildman–Crippen MR) is 74.6 cm³/mol. The molecule has 0 aliphatic heterocycles. The summed E-state index contributed by atoms with van der Waals surface area (Å²) < 4.78 is 39.8. The lowest BCUT2D eigenvalue weighted by molar-refractivity contribution is -0.136. The van der Waals surface area contributed by atoms with Gasteiger partial charge in [0.05, 0.1) is 5.56 Å². The van der Waals surface area contributed by atoms with Gasteiger partial charge >= 0.3 is 6.18 Å². The fourth-order valence-corrected chi connectivity index (χ4v) is 3.23. The van der Waals surface area contributed by atoms with Crippen LogP contribution in [0.1, 0.15) is 42.7 Å². The number of alkyl halides is 3. The van der Waals surface area contributed by atoms with Crippen LogP contribution in [0.4, 0.5) is 18.9 Å². The smallest absolute Gasteiger partial charge is 0.398 e. The summed E-state index contributed by atoms with van der Waals surface area (Å²) in [5.41, 5.74) is 6.77. The monoisotopic (exact) mass is 279 g/mol. The van der Waals surface area contributed by atoms with Crippen molar-refractivity contribution in [2.75, 3.05) is 5.73 Å². The van der Waals surface area contributed by atoms with Crippen molar-refractivity contribution in [3.8, 4) is 0 Å². The largest absolute Gasteiger partial charge is 0.417 e. The van der Waals surface area contributed by atoms with E-state index in [0.29, 0.717) is 16.6 Å². The standard InChI is InChI=1S/C16H16F3N/c17-16(18,19)14-9-13(10-5-1-2-6-10)15(20)12-8-4-3-7-11(12)14/h3-4,7-10H,1-2,5-6,20H2. The molecule has 0 radical (unpaired) electrons. The molecule has 0 spiro atoms. The lowest BCUT2D eigenvalue weighted by Gasteiger charge is -2.19. The summed E-state index contributed by atoms with van der Waals surface area (Å²) in [5, 5.41) is 0.712. The highest BCUT2D eigenvalue weighted by Gasteiger charge is 2.34. The maximum Gasteiger partial charge on any atom is 0.417 e. The van der Waals surface area contributed by atoms with Crippen LogP contribution >= 0.6 is 0 Å². The second kappa shape index (κ2) is 4.69. The molecule has 4 heteroatoms. The number of halogens is 3. The van der Waals surface area contributed by atoms with Gasteiger partial charge in [0.15, 0.2) is 0 Å². The summed E-state index contributed by atoms with van der Waals surface area (Å²) in [6.07, 6.45) is -0.350. The van der Waals surface area contributed by atoms with Crippen molar-refractivity contribution >= 4 is 16.5 Å². The molecule has 0 unspecified atom stereocenters. The number of anilines is 1. The second-order valence-electron chi connectivity index (χ2n) is 5.45. The SMILES string of the molecule is Nc1c(C2CCCC2)cc(C(F)(F)F)c2ccccc12. The van der Waals surface area contributed by atoms with Crippen LogP contribution in [0.5, 0.6) is 0 Å². The average Bonchev–Trinajstić information content (AvgIpc) is 2.92. The maximum absolute atomic E-state index is 13.3. The van der Waals surface area contributed by atoms with Crippen LogP contribution in [0.25, 0.3) is 10.8 Å². The first-order valence-electron chi connectivity index (χ1n) is 6.87. The van der Waals surface area contributed by atoms with Gasteiger partial charge in [-0.15, -0.1) is 0 Å². The van der Waals surface area contributed by atoms with Crippen molar-refractivity contribution in [2.45, 2.75) is 37.8 Å². The molecule has 106 valence electrons. The van der Waals surface area contributed by atoms with E-state index in [4.69, 9.17) is 5.73 Å². The van der Waals surface area contributed by atoms with E-state index < -0.39 is 11.7 Å². The molecule has 2 N–H and O–H groups in total. The number of nitrogen functional groups attached to an aromatic ring is 1. The Hall–Kier alpha value is -1.71. The number of rotatable bonds is 1. The molecular weight excluding hydrogens is 263 g/mol. The molecule has 0 saturated heterocycles. The number of hydrogen-bond donors (Lipinski definition) is 1. The van der Waals surface area contributed by atoms with Crippen LogP contribution in [0, 0.1) is 0 Å². The van der Waals surface area contributed by atoms with Crippen LogP contribution in [0.3, 0.4) is 0 Å². The van der Waals surface area contributed by atoms with Gasteiger partial charge in [0.2, 0.25) is 0 Å². The Morgan fingerprint density at radius 3 is 2.20 bits per heavy atom. The van der Waals surface area contributed by atoms with Gasteiger partial charge in [-0.1, -0.05) is 37.1 Å². The van der Waals surface area contributed by atoms with Crippen molar-refractivity contribution in [1.29, 1.82) is 0 Å². The molecule has 0 heterocycles. The van der Waals surface area contributed by atoms with Gasteiger partial charge in [0.25, 0.3) is 0 Å². The minimum Gasteiger partial charge on any atom is -0.398 e. The van der Waals surface area contributed by atoms with E-state index >= 15 is 0 Å². The first-order chi connectivity index (χ1) is 9.48. The lowest BCUT2D eigenvalue weighted by Crippen LogP contribution is -2.10. The molecule has 3 rings (SSSR count). The summed E-state index contributed by atoms with van der Waals surface area (Å²) in [4.78, 5) is 0. The molecule has 1 fully saturated rings. The molecule has 20 heavy (non-hydrogen) atoms. The Kier molecular flexibility index (Phi) is 3.11. The fraction of sp³-hybridized carbons (Fsp3) is 0.375. The minimum absolute atomic E-state index is 0.167. The highest BCUT2D eigenvalue weighted by molar-refractivity contribution is 5.97. The minimum atomic E-state index is -4.35. The molecule has 0 bridgehead atoms. The molecule has 1 nitrogen and oxygen atoms in total. The summed E-state index contributed by atoms with van der Waals surface area (Å²) in [5.74, 6) is 0.167. The van der Waals surface area contributed by atoms with Crippen molar-refractivity contribution in [2.24, 2.45) is 0 Å². The third-order valence-electron chi connectivity index (χ3n) is 4.22. The summed E-state index contributed by atoms with van der Waals surface area (Å²) in [6.45, 7) is 0. The van der Waals surface area contributed by atoms with E-state index in [0.717, 1.165) is 25.7 Å². The van der Waals surface area contributed by atoms with Gasteiger partial charge in [-0.25, -0.2) is 0 Å². The molecule has 2 aromatic carbocycles. The first kappa shape index (κ1) is 13.3. The molecular formula is C16H16F3N. The number of fused-ring (bicyclic) bond motifs is 1. The molecule has 1 aliphatic rings. The zero-order chi connectivity index (χ0) is 14.3. The van der Waals surface area contributed by atoms with Crippen LogP contribution in [0.15, 0.2) is 30.3 Å². The maximum atomic E-state index is 13.3. The predicted octanol–water partition coefficient (Wildman–Crippen LogP) is 5.10. The molecule has 2 aromatic rings. The van der Waals surface area contributed by atoms with E-state index in [-0.39, 0.29) is 11.3 Å². The number of nitrogens with two attached hydrogens (primary N) is 1. The molecule has 1 aliphatic carbocycles. The zero-order valence-corrected chi connectivity index (χ0v) is 11.0. The lowest BCUT2D eigenvalue weighted by atomic mass is 9.90. The van der Waals surface area contributed by atoms with E-state index in [1.807, 2.05) is 0 Å². The average molecular weight is 279 g/mol. The van der Waals surface area contributed by atoms with Crippen molar-refractivity contribution in [3.63, 3.8) is 0 Å². The second-order valence-corrected chi connectivity index (χ2v) is 5.45. The third-order valence-corrected chi connectivity index (χ3v) is 4.22. The normalized spacial score (nSPS) is 16.9. The van der Waals surface area contributed by atoms with E-state index in [2.05, 4.69) is 0 Å². The van der Waals surface area contributed by atoms with Gasteiger partial charge in [0.1, 0.15) is 0 Å². The van der Waals surface area contributed by atoms with Crippen molar-refractivity contribution < 1.29 is 13.2 Å². The molecule has 0 aromatic heterocycles. The van der Waals surface area contributed by atoms with Gasteiger partial charge in [-0.2, -0.15) is 13.2 Å². The van der Waals surface area contributed by atoms with Crippen LogP contribution < -0.4 is 5.73 Å². The topological polar surface area (TPSA) is 26.0 Å². The van der Waals surface area contributed by atoms with E-state index in [1.165, 1.54) is 12.1 Å². The Morgan fingerprint density at radius 1 is 1.00 bits per heavy atom. The van der Waals surface area contributed by atoms with Gasteiger partial charge in [0, 0.05) is 11.1 Å². The van der Waals surface area contributed by atoms with Gasteiger partial charge < -0.3 is 5.73 Å². The van der Waals surface area contributed by atoms with Crippen molar-refractivity contribution in [1.82, 2.24) is 0 Å². The van der Waals surface area contributed by atoms with Gasteiger partial charge in [-0.05, 0) is 35.8 Å².